The molecular weight excluding hydrogens is 354 g/mol. The second kappa shape index (κ2) is 8.69. The Balaban J connectivity index is 1.58. The van der Waals surface area contributed by atoms with Gasteiger partial charge < -0.3 is 15.5 Å². The summed E-state index contributed by atoms with van der Waals surface area (Å²) in [6.45, 7) is 3.12. The van der Waals surface area contributed by atoms with Crippen molar-refractivity contribution in [2.75, 3.05) is 25.5 Å². The van der Waals surface area contributed by atoms with Gasteiger partial charge in [0.2, 0.25) is 5.91 Å². The van der Waals surface area contributed by atoms with Gasteiger partial charge in [0, 0.05) is 42.9 Å². The van der Waals surface area contributed by atoms with E-state index < -0.39 is 0 Å². The maximum absolute atomic E-state index is 12.7. The molecule has 0 atom stereocenters. The minimum atomic E-state index is -0.185. The van der Waals surface area contributed by atoms with Gasteiger partial charge in [0.05, 0.1) is 0 Å². The summed E-state index contributed by atoms with van der Waals surface area (Å²) in [5.74, 6) is -0.212. The van der Waals surface area contributed by atoms with Crippen molar-refractivity contribution in [1.82, 2.24) is 10.2 Å². The van der Waals surface area contributed by atoms with E-state index in [1.165, 1.54) is 0 Å². The largest absolute Gasteiger partial charge is 0.359 e. The van der Waals surface area contributed by atoms with Crippen LogP contribution in [0.1, 0.15) is 39.1 Å². The van der Waals surface area contributed by atoms with E-state index in [1.807, 2.05) is 19.1 Å². The highest BCUT2D eigenvalue weighted by atomic mass is 16.2. The van der Waals surface area contributed by atoms with Gasteiger partial charge in [-0.05, 0) is 56.2 Å². The summed E-state index contributed by atoms with van der Waals surface area (Å²) >= 11 is 0. The molecule has 1 fully saturated rings. The van der Waals surface area contributed by atoms with Crippen LogP contribution < -0.4 is 10.6 Å². The maximum atomic E-state index is 12.7. The van der Waals surface area contributed by atoms with Crippen LogP contribution in [-0.2, 0) is 4.79 Å². The molecule has 0 saturated carbocycles. The highest BCUT2D eigenvalue weighted by molar-refractivity contribution is 6.04. The third-order valence-corrected chi connectivity index (χ3v) is 5.10. The van der Waals surface area contributed by atoms with Crippen LogP contribution in [0.15, 0.2) is 48.5 Å². The lowest BCUT2D eigenvalue weighted by atomic mass is 9.95. The Bertz CT molecular complexity index is 852. The lowest BCUT2D eigenvalue weighted by Crippen LogP contribution is -2.42. The molecule has 0 aliphatic carbocycles. The van der Waals surface area contributed by atoms with Crippen molar-refractivity contribution in [2.24, 2.45) is 5.92 Å². The van der Waals surface area contributed by atoms with Crippen molar-refractivity contribution in [1.29, 1.82) is 0 Å². The van der Waals surface area contributed by atoms with Crippen LogP contribution in [-0.4, -0.2) is 42.8 Å². The molecule has 28 heavy (non-hydrogen) atoms. The first kappa shape index (κ1) is 19.6. The standard InChI is InChI=1S/C22H25N3O3/c1-15-3-5-16(6-4-15)21(27)24-19-9-7-18(8-10-19)22(28)25-13-11-17(12-14-25)20(26)23-2/h3-10,17H,11-14H2,1-2H3,(H,23,26)(H,24,27). The number of hydrogen-bond acceptors (Lipinski definition) is 3. The van der Waals surface area contributed by atoms with Crippen molar-refractivity contribution in [2.45, 2.75) is 19.8 Å². The fourth-order valence-electron chi connectivity index (χ4n) is 3.34. The Morgan fingerprint density at radius 1 is 0.893 bits per heavy atom. The molecule has 0 spiro atoms. The van der Waals surface area contributed by atoms with Crippen molar-refractivity contribution in [3.63, 3.8) is 0 Å². The second-order valence-corrected chi connectivity index (χ2v) is 7.08. The minimum absolute atomic E-state index is 0.0200. The molecule has 6 heteroatoms. The topological polar surface area (TPSA) is 78.5 Å². The van der Waals surface area contributed by atoms with E-state index in [-0.39, 0.29) is 23.6 Å². The molecule has 0 bridgehead atoms. The molecular formula is C22H25N3O3. The van der Waals surface area contributed by atoms with E-state index in [0.29, 0.717) is 42.7 Å². The summed E-state index contributed by atoms with van der Waals surface area (Å²) in [4.78, 5) is 38.4. The molecule has 1 saturated heterocycles. The van der Waals surface area contributed by atoms with Gasteiger partial charge in [-0.25, -0.2) is 0 Å². The molecule has 0 aromatic heterocycles. The Labute approximate surface area is 164 Å². The number of likely N-dealkylation sites (tertiary alicyclic amines) is 1. The molecule has 1 heterocycles. The third kappa shape index (κ3) is 4.57. The van der Waals surface area contributed by atoms with Crippen LogP contribution >= 0.6 is 0 Å². The fraction of sp³-hybridized carbons (Fsp3) is 0.318. The number of rotatable bonds is 4. The van der Waals surface area contributed by atoms with Crippen LogP contribution in [0.25, 0.3) is 0 Å². The van der Waals surface area contributed by atoms with Gasteiger partial charge in [0.1, 0.15) is 0 Å². The van der Waals surface area contributed by atoms with E-state index in [4.69, 9.17) is 0 Å². The Morgan fingerprint density at radius 3 is 2.04 bits per heavy atom. The SMILES string of the molecule is CNC(=O)C1CCN(C(=O)c2ccc(NC(=O)c3ccc(C)cc3)cc2)CC1. The van der Waals surface area contributed by atoms with Gasteiger partial charge in [0.15, 0.2) is 0 Å². The summed E-state index contributed by atoms with van der Waals surface area (Å²) in [6, 6.07) is 14.3. The smallest absolute Gasteiger partial charge is 0.255 e. The Morgan fingerprint density at radius 2 is 1.46 bits per heavy atom. The maximum Gasteiger partial charge on any atom is 0.255 e. The minimum Gasteiger partial charge on any atom is -0.359 e. The monoisotopic (exact) mass is 379 g/mol. The first-order chi connectivity index (χ1) is 13.5. The Hall–Kier alpha value is -3.15. The molecule has 1 aliphatic rings. The zero-order valence-electron chi connectivity index (χ0n) is 16.2. The number of carbonyl (C=O) groups excluding carboxylic acids is 3. The van der Waals surface area contributed by atoms with Crippen molar-refractivity contribution in [3.8, 4) is 0 Å². The number of benzene rings is 2. The average Bonchev–Trinajstić information content (AvgIpc) is 2.73. The first-order valence-corrected chi connectivity index (χ1v) is 9.47. The van der Waals surface area contributed by atoms with Crippen molar-refractivity contribution in [3.05, 3.63) is 65.2 Å². The molecule has 0 radical (unpaired) electrons. The molecule has 6 nitrogen and oxygen atoms in total. The lowest BCUT2D eigenvalue weighted by molar-refractivity contribution is -0.125. The Kier molecular flexibility index (Phi) is 6.09. The van der Waals surface area contributed by atoms with E-state index in [9.17, 15) is 14.4 Å². The normalized spacial score (nSPS) is 14.4. The van der Waals surface area contributed by atoms with Crippen LogP contribution in [0.4, 0.5) is 5.69 Å². The average molecular weight is 379 g/mol. The van der Waals surface area contributed by atoms with Crippen LogP contribution in [0, 0.1) is 12.8 Å². The lowest BCUT2D eigenvalue weighted by Gasteiger charge is -2.31. The van der Waals surface area contributed by atoms with Gasteiger partial charge in [-0.3, -0.25) is 14.4 Å². The predicted octanol–water partition coefficient (Wildman–Crippen LogP) is 2.85. The zero-order chi connectivity index (χ0) is 20.1. The van der Waals surface area contributed by atoms with Gasteiger partial charge in [0.25, 0.3) is 11.8 Å². The van der Waals surface area contributed by atoms with Gasteiger partial charge in [-0.1, -0.05) is 17.7 Å². The quantitative estimate of drug-likeness (QED) is 0.857. The van der Waals surface area contributed by atoms with E-state index >= 15 is 0 Å². The third-order valence-electron chi connectivity index (χ3n) is 5.10. The molecule has 3 amide bonds. The summed E-state index contributed by atoms with van der Waals surface area (Å²) in [7, 11) is 1.64. The number of amides is 3. The van der Waals surface area contributed by atoms with Crippen LogP contribution in [0.2, 0.25) is 0 Å². The molecule has 146 valence electrons. The number of nitrogens with zero attached hydrogens (tertiary/aromatic N) is 1. The summed E-state index contributed by atoms with van der Waals surface area (Å²) < 4.78 is 0. The molecule has 0 unspecified atom stereocenters. The highest BCUT2D eigenvalue weighted by Crippen LogP contribution is 2.20. The number of anilines is 1. The van der Waals surface area contributed by atoms with Gasteiger partial charge in [-0.2, -0.15) is 0 Å². The summed E-state index contributed by atoms with van der Waals surface area (Å²) in [5.41, 5.74) is 2.90. The van der Waals surface area contributed by atoms with Crippen LogP contribution in [0.3, 0.4) is 0 Å². The first-order valence-electron chi connectivity index (χ1n) is 9.47. The van der Waals surface area contributed by atoms with Gasteiger partial charge >= 0.3 is 0 Å². The molecule has 2 aromatic rings. The number of piperidine rings is 1. The summed E-state index contributed by atoms with van der Waals surface area (Å²) in [6.07, 6.45) is 1.35. The molecule has 3 rings (SSSR count). The van der Waals surface area contributed by atoms with Gasteiger partial charge in [-0.15, -0.1) is 0 Å². The zero-order valence-corrected chi connectivity index (χ0v) is 16.2. The van der Waals surface area contributed by atoms with Crippen molar-refractivity contribution < 1.29 is 14.4 Å². The number of hydrogen-bond donors (Lipinski definition) is 2. The molecule has 2 N–H and O–H groups in total. The predicted molar refractivity (Wildman–Crippen MR) is 108 cm³/mol. The number of carbonyl (C=O) groups is 3. The number of nitrogens with one attached hydrogen (secondary N) is 2. The number of aryl methyl sites for hydroxylation is 1. The molecule has 1 aliphatic heterocycles. The van der Waals surface area contributed by atoms with Crippen LogP contribution in [0.5, 0.6) is 0 Å². The molecule has 2 aromatic carbocycles. The van der Waals surface area contributed by atoms with Crippen molar-refractivity contribution >= 4 is 23.4 Å². The second-order valence-electron chi connectivity index (χ2n) is 7.08. The fourth-order valence-corrected chi connectivity index (χ4v) is 3.34. The van der Waals surface area contributed by atoms with E-state index in [1.54, 1.807) is 48.3 Å². The van der Waals surface area contributed by atoms with E-state index in [2.05, 4.69) is 10.6 Å². The van der Waals surface area contributed by atoms with E-state index in [0.717, 1.165) is 5.56 Å². The highest BCUT2D eigenvalue weighted by Gasteiger charge is 2.27. The summed E-state index contributed by atoms with van der Waals surface area (Å²) in [5, 5.41) is 5.51.